The van der Waals surface area contributed by atoms with Crippen LogP contribution in [0.1, 0.15) is 45.7 Å². The van der Waals surface area contributed by atoms with Gasteiger partial charge in [0, 0.05) is 35.0 Å². The van der Waals surface area contributed by atoms with Crippen molar-refractivity contribution in [1.82, 2.24) is 0 Å². The van der Waals surface area contributed by atoms with E-state index < -0.39 is 5.91 Å². The molecule has 1 saturated heterocycles. The first-order valence-electron chi connectivity index (χ1n) is 10.9. The summed E-state index contributed by atoms with van der Waals surface area (Å²) in [4.78, 5) is 27.3. The Morgan fingerprint density at radius 2 is 1.75 bits per heavy atom. The van der Waals surface area contributed by atoms with Crippen molar-refractivity contribution < 1.29 is 14.0 Å². The van der Waals surface area contributed by atoms with Crippen LogP contribution in [0.4, 0.5) is 11.4 Å². The van der Waals surface area contributed by atoms with Crippen molar-refractivity contribution in [3.8, 4) is 0 Å². The first-order valence-corrected chi connectivity index (χ1v) is 10.9. The van der Waals surface area contributed by atoms with E-state index in [0.717, 1.165) is 53.3 Å². The van der Waals surface area contributed by atoms with Crippen molar-refractivity contribution in [3.63, 3.8) is 0 Å². The topological polar surface area (TPSA) is 88.6 Å². The third kappa shape index (κ3) is 3.47. The third-order valence-electron chi connectivity index (χ3n) is 6.26. The standard InChI is InChI=1S/C26H25N3O3/c1-16-19-11-9-17-7-3-4-8-20(17)24(19)32-23(16)26(31)28-21-15-18(25(27)30)10-12-22(21)29-13-5-2-6-14-29/h3-4,7-12,15H,2,5-6,13-14H2,1H3,(H2,27,30)(H,28,31). The fraction of sp³-hybridized carbons (Fsp3) is 0.231. The number of nitrogens with one attached hydrogen (secondary N) is 1. The van der Waals surface area contributed by atoms with Gasteiger partial charge < -0.3 is 20.4 Å². The van der Waals surface area contributed by atoms with E-state index in [0.29, 0.717) is 16.8 Å². The van der Waals surface area contributed by atoms with E-state index in [2.05, 4.69) is 10.2 Å². The van der Waals surface area contributed by atoms with Crippen molar-refractivity contribution in [1.29, 1.82) is 0 Å². The van der Waals surface area contributed by atoms with Gasteiger partial charge in [0.05, 0.1) is 11.4 Å². The lowest BCUT2D eigenvalue weighted by molar-refractivity contribution is 0.0989. The van der Waals surface area contributed by atoms with Crippen molar-refractivity contribution in [2.45, 2.75) is 26.2 Å². The zero-order chi connectivity index (χ0) is 22.2. The van der Waals surface area contributed by atoms with Crippen LogP contribution in [-0.2, 0) is 0 Å². The summed E-state index contributed by atoms with van der Waals surface area (Å²) < 4.78 is 6.09. The predicted octanol–water partition coefficient (Wildman–Crippen LogP) is 5.24. The molecule has 2 heterocycles. The number of hydrogen-bond acceptors (Lipinski definition) is 4. The summed E-state index contributed by atoms with van der Waals surface area (Å²) in [5.41, 5.74) is 8.80. The maximum absolute atomic E-state index is 13.3. The van der Waals surface area contributed by atoms with Crippen molar-refractivity contribution in [3.05, 3.63) is 71.5 Å². The number of aryl methyl sites for hydroxylation is 1. The Kier molecular flexibility index (Phi) is 5.05. The highest BCUT2D eigenvalue weighted by atomic mass is 16.3. The summed E-state index contributed by atoms with van der Waals surface area (Å²) >= 11 is 0. The molecule has 5 rings (SSSR count). The Bertz CT molecular complexity index is 1350. The minimum atomic E-state index is -0.530. The van der Waals surface area contributed by atoms with Crippen LogP contribution in [0.25, 0.3) is 21.7 Å². The van der Waals surface area contributed by atoms with E-state index in [1.54, 1.807) is 12.1 Å². The van der Waals surface area contributed by atoms with Gasteiger partial charge in [-0.2, -0.15) is 0 Å². The lowest BCUT2D eigenvalue weighted by Gasteiger charge is -2.30. The second kappa shape index (κ2) is 8.04. The zero-order valence-corrected chi connectivity index (χ0v) is 18.0. The lowest BCUT2D eigenvalue weighted by Crippen LogP contribution is -2.30. The van der Waals surface area contributed by atoms with Crippen LogP contribution >= 0.6 is 0 Å². The SMILES string of the molecule is Cc1c(C(=O)Nc2cc(C(N)=O)ccc2N2CCCCC2)oc2c1ccc1ccccc12. The number of nitrogens with two attached hydrogens (primary N) is 1. The molecule has 6 nitrogen and oxygen atoms in total. The number of anilines is 2. The number of benzene rings is 3. The number of hydrogen-bond donors (Lipinski definition) is 2. The zero-order valence-electron chi connectivity index (χ0n) is 18.0. The van der Waals surface area contributed by atoms with Gasteiger partial charge in [-0.25, -0.2) is 0 Å². The van der Waals surface area contributed by atoms with Gasteiger partial charge >= 0.3 is 0 Å². The smallest absolute Gasteiger partial charge is 0.291 e. The van der Waals surface area contributed by atoms with Gasteiger partial charge in [0.15, 0.2) is 5.76 Å². The molecule has 2 amide bonds. The molecule has 0 spiro atoms. The highest BCUT2D eigenvalue weighted by Gasteiger charge is 2.22. The molecule has 0 unspecified atom stereocenters. The number of piperidine rings is 1. The molecule has 1 aliphatic heterocycles. The quantitative estimate of drug-likeness (QED) is 0.466. The predicted molar refractivity (Wildman–Crippen MR) is 127 cm³/mol. The molecule has 0 radical (unpaired) electrons. The number of furan rings is 1. The first kappa shape index (κ1) is 20.1. The number of rotatable bonds is 4. The summed E-state index contributed by atoms with van der Waals surface area (Å²) in [5, 5.41) is 5.93. The largest absolute Gasteiger partial charge is 0.450 e. The van der Waals surface area contributed by atoms with Crippen LogP contribution < -0.4 is 16.0 Å². The van der Waals surface area contributed by atoms with Crippen molar-refractivity contribution in [2.75, 3.05) is 23.3 Å². The summed E-state index contributed by atoms with van der Waals surface area (Å²) in [7, 11) is 0. The molecule has 0 atom stereocenters. The molecular formula is C26H25N3O3. The summed E-state index contributed by atoms with van der Waals surface area (Å²) in [6.07, 6.45) is 3.39. The highest BCUT2D eigenvalue weighted by molar-refractivity contribution is 6.12. The number of carbonyl (C=O) groups excluding carboxylic acids is 2. The summed E-state index contributed by atoms with van der Waals surface area (Å²) in [6, 6.07) is 17.2. The van der Waals surface area contributed by atoms with Crippen LogP contribution in [0, 0.1) is 6.92 Å². The lowest BCUT2D eigenvalue weighted by atomic mass is 10.1. The van der Waals surface area contributed by atoms with E-state index in [1.165, 1.54) is 6.42 Å². The normalized spacial score (nSPS) is 14.1. The molecule has 3 N–H and O–H groups in total. The Morgan fingerprint density at radius 1 is 0.969 bits per heavy atom. The molecule has 1 aliphatic rings. The number of nitrogens with zero attached hydrogens (tertiary/aromatic N) is 1. The van der Waals surface area contributed by atoms with Crippen LogP contribution in [0.15, 0.2) is 59.0 Å². The van der Waals surface area contributed by atoms with Crippen LogP contribution in [0.5, 0.6) is 0 Å². The second-order valence-corrected chi connectivity index (χ2v) is 8.32. The molecule has 4 aromatic rings. The Balaban J connectivity index is 1.55. The van der Waals surface area contributed by atoms with Gasteiger partial charge in [0.25, 0.3) is 5.91 Å². The van der Waals surface area contributed by atoms with Crippen LogP contribution in [0.2, 0.25) is 0 Å². The molecule has 0 bridgehead atoms. The first-order chi connectivity index (χ1) is 15.5. The highest BCUT2D eigenvalue weighted by Crippen LogP contribution is 2.34. The van der Waals surface area contributed by atoms with Gasteiger partial charge in [-0.05, 0) is 49.8 Å². The second-order valence-electron chi connectivity index (χ2n) is 8.32. The molecule has 3 aromatic carbocycles. The molecule has 1 aromatic heterocycles. The van der Waals surface area contributed by atoms with E-state index in [9.17, 15) is 9.59 Å². The molecule has 0 aliphatic carbocycles. The van der Waals surface area contributed by atoms with Gasteiger partial charge in [0.1, 0.15) is 5.58 Å². The van der Waals surface area contributed by atoms with E-state index >= 15 is 0 Å². The monoisotopic (exact) mass is 427 g/mol. The van der Waals surface area contributed by atoms with E-state index in [4.69, 9.17) is 10.2 Å². The number of primary amides is 1. The van der Waals surface area contributed by atoms with Crippen molar-refractivity contribution >= 4 is 44.9 Å². The minimum Gasteiger partial charge on any atom is -0.450 e. The van der Waals surface area contributed by atoms with Gasteiger partial charge in [-0.15, -0.1) is 0 Å². The maximum Gasteiger partial charge on any atom is 0.291 e. The summed E-state index contributed by atoms with van der Waals surface area (Å²) in [5.74, 6) is -0.606. The molecule has 6 heteroatoms. The Hall–Kier alpha value is -3.80. The molecule has 0 saturated carbocycles. The number of carbonyl (C=O) groups is 2. The Labute approximate surface area is 186 Å². The maximum atomic E-state index is 13.3. The van der Waals surface area contributed by atoms with Crippen LogP contribution in [-0.4, -0.2) is 24.9 Å². The molecule has 32 heavy (non-hydrogen) atoms. The van der Waals surface area contributed by atoms with Crippen LogP contribution in [0.3, 0.4) is 0 Å². The van der Waals surface area contributed by atoms with Crippen molar-refractivity contribution in [2.24, 2.45) is 5.73 Å². The number of fused-ring (bicyclic) bond motifs is 3. The Morgan fingerprint density at radius 3 is 2.53 bits per heavy atom. The average molecular weight is 428 g/mol. The van der Waals surface area contributed by atoms with Gasteiger partial charge in [-0.3, -0.25) is 9.59 Å². The van der Waals surface area contributed by atoms with E-state index in [-0.39, 0.29) is 11.7 Å². The van der Waals surface area contributed by atoms with E-state index in [1.807, 2.05) is 49.4 Å². The average Bonchev–Trinajstić information content (AvgIpc) is 3.16. The van der Waals surface area contributed by atoms with Gasteiger partial charge in [0.2, 0.25) is 5.91 Å². The fourth-order valence-electron chi connectivity index (χ4n) is 4.54. The van der Waals surface area contributed by atoms with Gasteiger partial charge in [-0.1, -0.05) is 36.4 Å². The third-order valence-corrected chi connectivity index (χ3v) is 6.26. The molecule has 1 fully saturated rings. The summed E-state index contributed by atoms with van der Waals surface area (Å²) in [6.45, 7) is 3.71. The molecular weight excluding hydrogens is 402 g/mol. The number of amides is 2. The minimum absolute atomic E-state index is 0.269. The molecule has 162 valence electrons. The fourth-order valence-corrected chi connectivity index (χ4v) is 4.54.